The van der Waals surface area contributed by atoms with Crippen molar-refractivity contribution >= 4 is 6.29 Å². The van der Waals surface area contributed by atoms with Gasteiger partial charge in [-0.3, -0.25) is 0 Å². The highest BCUT2D eigenvalue weighted by atomic mass is 16.5. The quantitative estimate of drug-likeness (QED) is 0.543. The summed E-state index contributed by atoms with van der Waals surface area (Å²) in [4.78, 5) is 10.1. The zero-order chi connectivity index (χ0) is 10.9. The van der Waals surface area contributed by atoms with E-state index in [2.05, 4.69) is 5.32 Å². The molecule has 0 radical (unpaired) electrons. The van der Waals surface area contributed by atoms with Crippen LogP contribution < -0.4 is 10.1 Å². The smallest absolute Gasteiger partial charge is 0.133 e. The summed E-state index contributed by atoms with van der Waals surface area (Å²) in [6.07, 6.45) is 1.80. The molecule has 0 heterocycles. The fraction of sp³-hybridized carbons (Fsp3) is 0.417. The van der Waals surface area contributed by atoms with Crippen molar-refractivity contribution in [1.29, 1.82) is 0 Å². The minimum absolute atomic E-state index is 0.428. The van der Waals surface area contributed by atoms with Gasteiger partial charge in [0.2, 0.25) is 0 Å². The molecule has 1 aromatic carbocycles. The van der Waals surface area contributed by atoms with Crippen molar-refractivity contribution in [3.63, 3.8) is 0 Å². The van der Waals surface area contributed by atoms with Gasteiger partial charge in [-0.25, -0.2) is 0 Å². The lowest BCUT2D eigenvalue weighted by Crippen LogP contribution is -2.19. The molecule has 0 spiro atoms. The van der Waals surface area contributed by atoms with Gasteiger partial charge >= 0.3 is 0 Å². The summed E-state index contributed by atoms with van der Waals surface area (Å²) < 4.78 is 5.34. The molecule has 0 amide bonds. The normalized spacial score (nSPS) is 9.93. The molecule has 0 saturated carbocycles. The lowest BCUT2D eigenvalue weighted by molar-refractivity contribution is -0.107. The van der Waals surface area contributed by atoms with E-state index in [1.165, 1.54) is 5.56 Å². The summed E-state index contributed by atoms with van der Waals surface area (Å²) in [5, 5.41) is 3.02. The summed E-state index contributed by atoms with van der Waals surface area (Å²) in [5.74, 6) is 0.905. The van der Waals surface area contributed by atoms with Crippen molar-refractivity contribution in [2.45, 2.75) is 13.3 Å². The Hall–Kier alpha value is -1.35. The first-order valence-electron chi connectivity index (χ1n) is 5.23. The van der Waals surface area contributed by atoms with E-state index in [1.807, 2.05) is 31.2 Å². The lowest BCUT2D eigenvalue weighted by Gasteiger charge is -2.05. The molecular weight excluding hydrogens is 190 g/mol. The first-order chi connectivity index (χ1) is 7.36. The van der Waals surface area contributed by atoms with Gasteiger partial charge in [-0.15, -0.1) is 0 Å². The maximum Gasteiger partial charge on any atom is 0.133 e. The molecule has 0 aliphatic carbocycles. The molecule has 0 saturated heterocycles. The predicted octanol–water partition coefficient (Wildman–Crippen LogP) is 1.42. The number of carbonyl (C=O) groups excluding carboxylic acids is 1. The van der Waals surface area contributed by atoms with Gasteiger partial charge in [0.05, 0.1) is 13.2 Å². The molecule has 0 aromatic heterocycles. The van der Waals surface area contributed by atoms with Gasteiger partial charge in [-0.05, 0) is 37.6 Å². The second kappa shape index (κ2) is 7.01. The molecule has 3 nitrogen and oxygen atoms in total. The molecule has 15 heavy (non-hydrogen) atoms. The Bertz CT molecular complexity index is 282. The third-order valence-electron chi connectivity index (χ3n) is 2.05. The second-order valence-corrected chi connectivity index (χ2v) is 3.20. The number of carbonyl (C=O) groups is 1. The fourth-order valence-electron chi connectivity index (χ4n) is 1.31. The summed E-state index contributed by atoms with van der Waals surface area (Å²) in [6, 6.07) is 8.04. The monoisotopic (exact) mass is 207 g/mol. The van der Waals surface area contributed by atoms with E-state index in [9.17, 15) is 4.79 Å². The fourth-order valence-corrected chi connectivity index (χ4v) is 1.31. The Morgan fingerprint density at radius 2 is 2.07 bits per heavy atom. The van der Waals surface area contributed by atoms with Crippen molar-refractivity contribution < 1.29 is 9.53 Å². The maximum atomic E-state index is 10.1. The van der Waals surface area contributed by atoms with E-state index < -0.39 is 0 Å². The van der Waals surface area contributed by atoms with Crippen LogP contribution in [-0.2, 0) is 11.2 Å². The van der Waals surface area contributed by atoms with E-state index in [-0.39, 0.29) is 0 Å². The highest BCUT2D eigenvalue weighted by molar-refractivity contribution is 5.51. The summed E-state index contributed by atoms with van der Waals surface area (Å²) in [5.41, 5.74) is 1.25. The van der Waals surface area contributed by atoms with Gasteiger partial charge in [0, 0.05) is 0 Å². The van der Waals surface area contributed by atoms with E-state index >= 15 is 0 Å². The summed E-state index contributed by atoms with van der Waals surface area (Å²) in [6.45, 7) is 3.92. The maximum absolute atomic E-state index is 10.1. The third kappa shape index (κ3) is 4.61. The Labute approximate surface area is 90.4 Å². The number of aldehydes is 1. The van der Waals surface area contributed by atoms with E-state index in [4.69, 9.17) is 4.74 Å². The number of rotatable bonds is 7. The minimum Gasteiger partial charge on any atom is -0.494 e. The molecule has 3 heteroatoms. The SMILES string of the molecule is CCOc1ccc(CCNCC=O)cc1. The van der Waals surface area contributed by atoms with Crippen LogP contribution in [0.3, 0.4) is 0 Å². The van der Waals surface area contributed by atoms with Crippen LogP contribution in [0.5, 0.6) is 5.75 Å². The van der Waals surface area contributed by atoms with Crippen LogP contribution in [0.25, 0.3) is 0 Å². The van der Waals surface area contributed by atoms with Gasteiger partial charge < -0.3 is 14.8 Å². The van der Waals surface area contributed by atoms with Crippen LogP contribution in [0, 0.1) is 0 Å². The molecule has 0 atom stereocenters. The molecule has 0 fully saturated rings. The minimum atomic E-state index is 0.428. The van der Waals surface area contributed by atoms with Crippen molar-refractivity contribution in [2.24, 2.45) is 0 Å². The highest BCUT2D eigenvalue weighted by Gasteiger charge is 1.94. The van der Waals surface area contributed by atoms with Gasteiger partial charge in [0.1, 0.15) is 12.0 Å². The van der Waals surface area contributed by atoms with Crippen LogP contribution in [0.4, 0.5) is 0 Å². The van der Waals surface area contributed by atoms with E-state index in [1.54, 1.807) is 0 Å². The van der Waals surface area contributed by atoms with E-state index in [0.717, 1.165) is 25.0 Å². The van der Waals surface area contributed by atoms with Gasteiger partial charge in [-0.1, -0.05) is 12.1 Å². The van der Waals surface area contributed by atoms with Crippen LogP contribution >= 0.6 is 0 Å². The number of hydrogen-bond acceptors (Lipinski definition) is 3. The molecule has 1 rings (SSSR count). The average Bonchev–Trinajstić information content (AvgIpc) is 2.27. The topological polar surface area (TPSA) is 38.3 Å². The van der Waals surface area contributed by atoms with Gasteiger partial charge in [-0.2, -0.15) is 0 Å². The number of benzene rings is 1. The Morgan fingerprint density at radius 1 is 1.33 bits per heavy atom. The van der Waals surface area contributed by atoms with Crippen molar-refractivity contribution in [1.82, 2.24) is 5.32 Å². The molecule has 82 valence electrons. The van der Waals surface area contributed by atoms with Crippen LogP contribution in [-0.4, -0.2) is 26.0 Å². The first kappa shape index (κ1) is 11.7. The Morgan fingerprint density at radius 3 is 2.67 bits per heavy atom. The number of ether oxygens (including phenoxy) is 1. The second-order valence-electron chi connectivity index (χ2n) is 3.20. The van der Waals surface area contributed by atoms with Crippen molar-refractivity contribution in [3.8, 4) is 5.75 Å². The van der Waals surface area contributed by atoms with E-state index in [0.29, 0.717) is 13.2 Å². The summed E-state index contributed by atoms with van der Waals surface area (Å²) >= 11 is 0. The zero-order valence-corrected chi connectivity index (χ0v) is 9.03. The Kier molecular flexibility index (Phi) is 5.48. The molecule has 1 aromatic rings. The summed E-state index contributed by atoms with van der Waals surface area (Å²) in [7, 11) is 0. The molecular formula is C12H17NO2. The molecule has 0 aliphatic rings. The Balaban J connectivity index is 2.32. The standard InChI is InChI=1S/C12H17NO2/c1-2-15-12-5-3-11(4-6-12)7-8-13-9-10-14/h3-6,10,13H,2,7-9H2,1H3. The largest absolute Gasteiger partial charge is 0.494 e. The van der Waals surface area contributed by atoms with Crippen LogP contribution in [0.1, 0.15) is 12.5 Å². The van der Waals surface area contributed by atoms with Gasteiger partial charge in [0.25, 0.3) is 0 Å². The van der Waals surface area contributed by atoms with Crippen molar-refractivity contribution in [2.75, 3.05) is 19.7 Å². The third-order valence-corrected chi connectivity index (χ3v) is 2.05. The van der Waals surface area contributed by atoms with Crippen molar-refractivity contribution in [3.05, 3.63) is 29.8 Å². The van der Waals surface area contributed by atoms with Gasteiger partial charge in [0.15, 0.2) is 0 Å². The predicted molar refractivity (Wildman–Crippen MR) is 60.2 cm³/mol. The first-order valence-corrected chi connectivity index (χ1v) is 5.23. The molecule has 0 aliphatic heterocycles. The zero-order valence-electron chi connectivity index (χ0n) is 9.03. The number of nitrogens with one attached hydrogen (secondary N) is 1. The lowest BCUT2D eigenvalue weighted by atomic mass is 10.1. The van der Waals surface area contributed by atoms with Crippen LogP contribution in [0.15, 0.2) is 24.3 Å². The van der Waals surface area contributed by atoms with Crippen LogP contribution in [0.2, 0.25) is 0 Å². The highest BCUT2D eigenvalue weighted by Crippen LogP contribution is 2.11. The molecule has 1 N–H and O–H groups in total. The number of hydrogen-bond donors (Lipinski definition) is 1. The average molecular weight is 207 g/mol. The molecule has 0 bridgehead atoms. The molecule has 0 unspecified atom stereocenters.